The van der Waals surface area contributed by atoms with Crippen molar-refractivity contribution >= 4 is 0 Å². The van der Waals surface area contributed by atoms with E-state index < -0.39 is 5.41 Å². The third kappa shape index (κ3) is 4.79. The molecule has 2 aromatic rings. The maximum Gasteiger partial charge on any atom is 0.110 e. The quantitative estimate of drug-likeness (QED) is 0.276. The third-order valence-corrected chi connectivity index (χ3v) is 8.62. The van der Waals surface area contributed by atoms with Crippen molar-refractivity contribution in [2.24, 2.45) is 11.8 Å². The minimum absolute atomic E-state index is 0.351. The Morgan fingerprint density at radius 2 is 1.38 bits per heavy atom. The van der Waals surface area contributed by atoms with Crippen LogP contribution in [0.15, 0.2) is 60.7 Å². The van der Waals surface area contributed by atoms with E-state index in [-0.39, 0.29) is 0 Å². The second-order valence-corrected chi connectivity index (χ2v) is 10.5. The molecule has 2 aromatic carbocycles. The maximum absolute atomic E-state index is 10.8. The number of benzene rings is 2. The number of hydrogen-bond donors (Lipinski definition) is 0. The summed E-state index contributed by atoms with van der Waals surface area (Å²) in [5, 5.41) is 10.8. The predicted octanol–water partition coefficient (Wildman–Crippen LogP) is 7.10. The van der Waals surface area contributed by atoms with Crippen molar-refractivity contribution in [1.82, 2.24) is 0 Å². The number of hydrogen-bond acceptors (Lipinski definition) is 1. The highest BCUT2D eigenvalue weighted by atomic mass is 15.4. The first-order chi connectivity index (χ1) is 15.7. The Morgan fingerprint density at radius 3 is 1.88 bits per heavy atom. The number of rotatable bonds is 11. The molecule has 2 nitrogen and oxygen atoms in total. The summed E-state index contributed by atoms with van der Waals surface area (Å²) in [7, 11) is 0. The lowest BCUT2D eigenvalue weighted by Gasteiger charge is -2.49. The van der Waals surface area contributed by atoms with Crippen molar-refractivity contribution in [1.29, 1.82) is 5.26 Å². The summed E-state index contributed by atoms with van der Waals surface area (Å²) in [5.74, 6) is 1.36. The lowest BCUT2D eigenvalue weighted by Crippen LogP contribution is -2.58. The molecule has 3 aliphatic rings. The molecular formula is C30H41N2+. The number of fused-ring (bicyclic) bond motifs is 3. The summed E-state index contributed by atoms with van der Waals surface area (Å²) in [6.45, 7) is 7.77. The Hall–Kier alpha value is -2.11. The van der Waals surface area contributed by atoms with Crippen LogP contribution in [0, 0.1) is 23.2 Å². The van der Waals surface area contributed by atoms with Gasteiger partial charge in [-0.15, -0.1) is 0 Å². The van der Waals surface area contributed by atoms with E-state index in [2.05, 4.69) is 73.7 Å². The molecular weight excluding hydrogens is 388 g/mol. The van der Waals surface area contributed by atoms with Crippen LogP contribution >= 0.6 is 0 Å². The van der Waals surface area contributed by atoms with Crippen molar-refractivity contribution in [3.8, 4) is 6.07 Å². The van der Waals surface area contributed by atoms with E-state index in [4.69, 9.17) is 0 Å². The first-order valence-electron chi connectivity index (χ1n) is 13.1. The average molecular weight is 430 g/mol. The van der Waals surface area contributed by atoms with E-state index >= 15 is 0 Å². The molecule has 0 aromatic heterocycles. The highest BCUT2D eigenvalue weighted by molar-refractivity contribution is 5.47. The summed E-state index contributed by atoms with van der Waals surface area (Å²) < 4.78 is 1.36. The fourth-order valence-corrected chi connectivity index (χ4v) is 6.62. The Morgan fingerprint density at radius 1 is 0.844 bits per heavy atom. The molecule has 2 bridgehead atoms. The zero-order valence-corrected chi connectivity index (χ0v) is 20.0. The molecule has 0 aliphatic carbocycles. The molecule has 170 valence electrons. The summed E-state index contributed by atoms with van der Waals surface area (Å²) >= 11 is 0. The van der Waals surface area contributed by atoms with Crippen LogP contribution < -0.4 is 0 Å². The van der Waals surface area contributed by atoms with Gasteiger partial charge in [-0.25, -0.2) is 0 Å². The van der Waals surface area contributed by atoms with Crippen LogP contribution in [0.1, 0.15) is 75.8 Å². The molecule has 5 rings (SSSR count). The van der Waals surface area contributed by atoms with E-state index in [9.17, 15) is 5.26 Å². The van der Waals surface area contributed by atoms with Crippen LogP contribution in [0.25, 0.3) is 0 Å². The molecule has 0 saturated carbocycles. The lowest BCUT2D eigenvalue weighted by molar-refractivity contribution is -0.942. The SMILES string of the molecule is CCCCCC(CCC[N+]12CCC(CC1)CC2)C(C#N)(c1ccccc1)c1ccccc1. The third-order valence-electron chi connectivity index (χ3n) is 8.62. The van der Waals surface area contributed by atoms with E-state index in [1.807, 2.05) is 0 Å². The van der Waals surface area contributed by atoms with Gasteiger partial charge in [-0.05, 0) is 61.5 Å². The zero-order chi connectivity index (χ0) is 22.3. The monoisotopic (exact) mass is 429 g/mol. The Kier molecular flexibility index (Phi) is 7.69. The molecule has 0 N–H and O–H groups in total. The van der Waals surface area contributed by atoms with Gasteiger partial charge in [-0.1, -0.05) is 86.8 Å². The fraction of sp³-hybridized carbons (Fsp3) is 0.567. The molecule has 32 heavy (non-hydrogen) atoms. The van der Waals surface area contributed by atoms with Crippen LogP contribution in [0.3, 0.4) is 0 Å². The van der Waals surface area contributed by atoms with Gasteiger partial charge in [-0.2, -0.15) is 5.26 Å². The minimum Gasteiger partial charge on any atom is -0.324 e. The second kappa shape index (κ2) is 10.7. The van der Waals surface area contributed by atoms with Gasteiger partial charge in [0.2, 0.25) is 0 Å². The van der Waals surface area contributed by atoms with Crippen LogP contribution in [-0.4, -0.2) is 30.7 Å². The van der Waals surface area contributed by atoms with Crippen LogP contribution in [0.4, 0.5) is 0 Å². The van der Waals surface area contributed by atoms with Crippen molar-refractivity contribution in [2.75, 3.05) is 26.2 Å². The van der Waals surface area contributed by atoms with Gasteiger partial charge < -0.3 is 4.48 Å². The highest BCUT2D eigenvalue weighted by Crippen LogP contribution is 2.44. The molecule has 0 spiro atoms. The van der Waals surface area contributed by atoms with E-state index in [0.29, 0.717) is 5.92 Å². The normalized spacial score (nSPS) is 23.6. The second-order valence-electron chi connectivity index (χ2n) is 10.5. The van der Waals surface area contributed by atoms with Gasteiger partial charge in [0, 0.05) is 0 Å². The van der Waals surface area contributed by atoms with Crippen LogP contribution in [-0.2, 0) is 5.41 Å². The topological polar surface area (TPSA) is 23.8 Å². The molecule has 2 heteroatoms. The van der Waals surface area contributed by atoms with Gasteiger partial charge in [0.15, 0.2) is 0 Å². The molecule has 3 saturated heterocycles. The first kappa shape index (κ1) is 23.1. The lowest BCUT2D eigenvalue weighted by atomic mass is 9.64. The maximum atomic E-state index is 10.8. The summed E-state index contributed by atoms with van der Waals surface area (Å²) in [4.78, 5) is 0. The number of nitrogens with zero attached hydrogens (tertiary/aromatic N) is 2. The number of nitriles is 1. The number of unbranched alkanes of at least 4 members (excludes halogenated alkanes) is 2. The van der Waals surface area contributed by atoms with Gasteiger partial charge in [0.1, 0.15) is 5.41 Å². The Labute approximate surface area is 195 Å². The molecule has 1 unspecified atom stereocenters. The Balaban J connectivity index is 1.61. The zero-order valence-electron chi connectivity index (χ0n) is 20.0. The van der Waals surface area contributed by atoms with Crippen LogP contribution in [0.5, 0.6) is 0 Å². The molecule has 1 atom stereocenters. The number of piperidine rings is 3. The van der Waals surface area contributed by atoms with E-state index in [1.165, 1.54) is 86.7 Å². The Bertz CT molecular complexity index is 805. The number of quaternary nitrogens is 1. The van der Waals surface area contributed by atoms with Crippen molar-refractivity contribution in [2.45, 2.75) is 70.1 Å². The highest BCUT2D eigenvalue weighted by Gasteiger charge is 2.43. The van der Waals surface area contributed by atoms with Gasteiger partial charge >= 0.3 is 0 Å². The van der Waals surface area contributed by atoms with Gasteiger partial charge in [-0.3, -0.25) is 0 Å². The molecule has 3 aliphatic heterocycles. The largest absolute Gasteiger partial charge is 0.324 e. The molecule has 0 amide bonds. The predicted molar refractivity (Wildman–Crippen MR) is 133 cm³/mol. The average Bonchev–Trinajstić information content (AvgIpc) is 2.87. The standard InChI is InChI=1S/C30H41N2/c1-2-3-6-12-29(17-11-21-32-22-18-26(19-23-32)20-24-32)30(25-31,27-13-7-4-8-14-27)28-15-9-5-10-16-28/h4-5,7-10,13-16,26,29H,2-3,6,11-12,17-24H2,1H3/q+1. The van der Waals surface area contributed by atoms with Crippen LogP contribution in [0.2, 0.25) is 0 Å². The first-order valence-corrected chi connectivity index (χ1v) is 13.1. The smallest absolute Gasteiger partial charge is 0.110 e. The molecule has 3 heterocycles. The van der Waals surface area contributed by atoms with Crippen molar-refractivity contribution in [3.63, 3.8) is 0 Å². The van der Waals surface area contributed by atoms with Gasteiger partial charge in [0.05, 0.1) is 32.2 Å². The minimum atomic E-state index is -0.564. The van der Waals surface area contributed by atoms with E-state index in [1.54, 1.807) is 0 Å². The van der Waals surface area contributed by atoms with Crippen molar-refractivity contribution < 1.29 is 4.48 Å². The summed E-state index contributed by atoms with van der Waals surface area (Å²) in [6.07, 6.45) is 11.5. The molecule has 0 radical (unpaired) electrons. The van der Waals surface area contributed by atoms with E-state index in [0.717, 1.165) is 18.8 Å². The summed E-state index contributed by atoms with van der Waals surface area (Å²) in [6, 6.07) is 24.2. The van der Waals surface area contributed by atoms with Crippen molar-refractivity contribution in [3.05, 3.63) is 71.8 Å². The summed E-state index contributed by atoms with van der Waals surface area (Å²) in [5.41, 5.74) is 1.77. The fourth-order valence-electron chi connectivity index (χ4n) is 6.62. The molecule has 3 fully saturated rings. The van der Waals surface area contributed by atoms with Gasteiger partial charge in [0.25, 0.3) is 0 Å².